The first-order valence-electron chi connectivity index (χ1n) is 8.43. The number of hydrogen-bond donors (Lipinski definition) is 0. The van der Waals surface area contributed by atoms with E-state index in [4.69, 9.17) is 0 Å². The fourth-order valence-electron chi connectivity index (χ4n) is 3.09. The Bertz CT molecular complexity index is 931. The number of para-hydroxylation sites is 1. The number of nitrogens with zero attached hydrogens (tertiary/aromatic N) is 4. The zero-order chi connectivity index (χ0) is 17.1. The Hall–Kier alpha value is -3.08. The van der Waals surface area contributed by atoms with E-state index in [1.54, 1.807) is 11.2 Å². The second-order valence-corrected chi connectivity index (χ2v) is 6.05. The molecule has 2 aromatic heterocycles. The highest BCUT2D eigenvalue weighted by Gasteiger charge is 2.21. The van der Waals surface area contributed by atoms with E-state index in [1.807, 2.05) is 48.7 Å². The van der Waals surface area contributed by atoms with E-state index >= 15 is 0 Å². The van der Waals surface area contributed by atoms with Crippen LogP contribution in [0, 0.1) is 0 Å². The molecule has 3 heterocycles. The molecule has 3 aromatic rings. The number of hydrazone groups is 1. The van der Waals surface area contributed by atoms with Crippen LogP contribution < -0.4 is 0 Å². The molecule has 5 nitrogen and oxygen atoms in total. The van der Waals surface area contributed by atoms with Crippen molar-refractivity contribution in [2.75, 3.05) is 6.54 Å². The summed E-state index contributed by atoms with van der Waals surface area (Å²) in [5.41, 5.74) is 3.68. The Labute approximate surface area is 146 Å². The lowest BCUT2D eigenvalue weighted by atomic mass is 10.0. The van der Waals surface area contributed by atoms with Gasteiger partial charge in [0.15, 0.2) is 0 Å². The van der Waals surface area contributed by atoms with Crippen LogP contribution in [0.5, 0.6) is 0 Å². The monoisotopic (exact) mass is 330 g/mol. The van der Waals surface area contributed by atoms with E-state index in [9.17, 15) is 4.79 Å². The molecule has 25 heavy (non-hydrogen) atoms. The zero-order valence-electron chi connectivity index (χ0n) is 13.8. The highest BCUT2D eigenvalue weighted by Crippen LogP contribution is 2.19. The van der Waals surface area contributed by atoms with E-state index in [0.717, 1.165) is 34.3 Å². The number of rotatable bonds is 4. The molecule has 0 unspecified atom stereocenters. The highest BCUT2D eigenvalue weighted by molar-refractivity contribution is 6.02. The van der Waals surface area contributed by atoms with Crippen molar-refractivity contribution in [1.82, 2.24) is 15.0 Å². The summed E-state index contributed by atoms with van der Waals surface area (Å²) in [7, 11) is 0. The number of carbonyl (C=O) groups is 1. The van der Waals surface area contributed by atoms with Crippen LogP contribution in [-0.4, -0.2) is 33.1 Å². The smallest absolute Gasteiger partial charge is 0.242 e. The molecule has 5 heteroatoms. The number of pyridine rings is 2. The van der Waals surface area contributed by atoms with E-state index in [0.29, 0.717) is 19.4 Å². The van der Waals surface area contributed by atoms with Crippen LogP contribution in [0.15, 0.2) is 66.0 Å². The Morgan fingerprint density at radius 3 is 2.72 bits per heavy atom. The van der Waals surface area contributed by atoms with E-state index in [2.05, 4.69) is 21.1 Å². The molecule has 1 aliphatic heterocycles. The van der Waals surface area contributed by atoms with Gasteiger partial charge in [-0.05, 0) is 36.2 Å². The van der Waals surface area contributed by atoms with Crippen molar-refractivity contribution in [3.63, 3.8) is 0 Å². The fraction of sp³-hybridized carbons (Fsp3) is 0.200. The molecule has 1 aromatic carbocycles. The summed E-state index contributed by atoms with van der Waals surface area (Å²) in [6, 6.07) is 15.8. The van der Waals surface area contributed by atoms with Crippen molar-refractivity contribution in [1.29, 1.82) is 0 Å². The second kappa shape index (κ2) is 6.81. The number of amides is 1. The lowest BCUT2D eigenvalue weighted by Crippen LogP contribution is -2.22. The molecule has 0 atom stereocenters. The first-order chi connectivity index (χ1) is 12.3. The lowest BCUT2D eigenvalue weighted by Gasteiger charge is -2.13. The molecule has 0 aliphatic carbocycles. The third-order valence-corrected chi connectivity index (χ3v) is 4.35. The summed E-state index contributed by atoms with van der Waals surface area (Å²) in [5, 5.41) is 7.32. The summed E-state index contributed by atoms with van der Waals surface area (Å²) in [4.78, 5) is 20.8. The Kier molecular flexibility index (Phi) is 4.21. The average molecular weight is 330 g/mol. The molecule has 4 rings (SSSR count). The van der Waals surface area contributed by atoms with E-state index in [1.165, 1.54) is 0 Å². The summed E-state index contributed by atoms with van der Waals surface area (Å²) in [6.45, 7) is 0.673. The molecule has 0 bridgehead atoms. The van der Waals surface area contributed by atoms with Gasteiger partial charge in [0.25, 0.3) is 0 Å². The molecule has 1 aliphatic rings. The van der Waals surface area contributed by atoms with Crippen molar-refractivity contribution in [2.24, 2.45) is 5.10 Å². The van der Waals surface area contributed by atoms with Gasteiger partial charge in [0, 0.05) is 37.2 Å². The van der Waals surface area contributed by atoms with Gasteiger partial charge in [-0.2, -0.15) is 5.10 Å². The standard InChI is InChI=1S/C20H18N4O/c25-20-9-5-13-24(20)23-19(18-8-3-4-11-21-18)14-15-10-12-22-17-7-2-1-6-16(15)17/h1-4,6-8,10-12H,5,9,13-14H2/b23-19+. The molecular formula is C20H18N4O. The number of fused-ring (bicyclic) bond motifs is 1. The number of hydrogen-bond acceptors (Lipinski definition) is 4. The van der Waals surface area contributed by atoms with Gasteiger partial charge in [-0.25, -0.2) is 5.01 Å². The van der Waals surface area contributed by atoms with E-state index in [-0.39, 0.29) is 5.91 Å². The largest absolute Gasteiger partial charge is 0.273 e. The van der Waals surface area contributed by atoms with Crippen LogP contribution in [0.4, 0.5) is 0 Å². The maximum atomic E-state index is 12.0. The molecule has 0 spiro atoms. The quantitative estimate of drug-likeness (QED) is 0.690. The van der Waals surface area contributed by atoms with E-state index < -0.39 is 0 Å². The van der Waals surface area contributed by atoms with Crippen LogP contribution in [-0.2, 0) is 11.2 Å². The predicted molar refractivity (Wildman–Crippen MR) is 97.2 cm³/mol. The summed E-state index contributed by atoms with van der Waals surface area (Å²) in [6.07, 6.45) is 5.59. The van der Waals surface area contributed by atoms with Gasteiger partial charge >= 0.3 is 0 Å². The second-order valence-electron chi connectivity index (χ2n) is 6.05. The summed E-state index contributed by atoms with van der Waals surface area (Å²) in [5.74, 6) is 0.0769. The van der Waals surface area contributed by atoms with Crippen LogP contribution in [0.2, 0.25) is 0 Å². The van der Waals surface area contributed by atoms with Gasteiger partial charge in [0.05, 0.1) is 16.9 Å². The molecule has 1 amide bonds. The van der Waals surface area contributed by atoms with Gasteiger partial charge in [-0.3, -0.25) is 14.8 Å². The first kappa shape index (κ1) is 15.4. The lowest BCUT2D eigenvalue weighted by molar-refractivity contribution is -0.127. The number of carbonyl (C=O) groups excluding carboxylic acids is 1. The Morgan fingerprint density at radius 1 is 1.04 bits per heavy atom. The number of benzene rings is 1. The minimum atomic E-state index is 0.0769. The van der Waals surface area contributed by atoms with Crippen molar-refractivity contribution < 1.29 is 4.79 Å². The molecular weight excluding hydrogens is 312 g/mol. The summed E-state index contributed by atoms with van der Waals surface area (Å²) < 4.78 is 0. The number of aromatic nitrogens is 2. The molecule has 1 fully saturated rings. The average Bonchev–Trinajstić information content (AvgIpc) is 3.07. The molecule has 0 radical (unpaired) electrons. The van der Waals surface area contributed by atoms with Crippen LogP contribution in [0.3, 0.4) is 0 Å². The Balaban J connectivity index is 1.76. The maximum absolute atomic E-state index is 12.0. The van der Waals surface area contributed by atoms with Crippen molar-refractivity contribution >= 4 is 22.5 Å². The minimum Gasteiger partial charge on any atom is -0.273 e. The van der Waals surface area contributed by atoms with Crippen LogP contribution in [0.25, 0.3) is 10.9 Å². The normalized spacial score (nSPS) is 15.1. The molecule has 124 valence electrons. The van der Waals surface area contributed by atoms with Gasteiger partial charge in [-0.1, -0.05) is 24.3 Å². The zero-order valence-corrected chi connectivity index (χ0v) is 13.8. The highest BCUT2D eigenvalue weighted by atomic mass is 16.2. The minimum absolute atomic E-state index is 0.0769. The molecule has 1 saturated heterocycles. The van der Waals surface area contributed by atoms with Gasteiger partial charge in [-0.15, -0.1) is 0 Å². The van der Waals surface area contributed by atoms with Gasteiger partial charge in [0.1, 0.15) is 0 Å². The first-order valence-corrected chi connectivity index (χ1v) is 8.43. The maximum Gasteiger partial charge on any atom is 0.242 e. The predicted octanol–water partition coefficient (Wildman–Crippen LogP) is 3.20. The van der Waals surface area contributed by atoms with Crippen molar-refractivity contribution in [3.8, 4) is 0 Å². The summed E-state index contributed by atoms with van der Waals surface area (Å²) >= 11 is 0. The van der Waals surface area contributed by atoms with Crippen molar-refractivity contribution in [2.45, 2.75) is 19.3 Å². The Morgan fingerprint density at radius 2 is 1.92 bits per heavy atom. The van der Waals surface area contributed by atoms with Crippen molar-refractivity contribution in [3.05, 3.63) is 72.2 Å². The molecule has 0 saturated carbocycles. The topological polar surface area (TPSA) is 58.5 Å². The van der Waals surface area contributed by atoms with Crippen LogP contribution >= 0.6 is 0 Å². The van der Waals surface area contributed by atoms with Gasteiger partial charge in [0.2, 0.25) is 5.91 Å². The molecule has 0 N–H and O–H groups in total. The van der Waals surface area contributed by atoms with Gasteiger partial charge < -0.3 is 0 Å². The third kappa shape index (κ3) is 3.26. The fourth-order valence-corrected chi connectivity index (χ4v) is 3.09. The SMILES string of the molecule is O=C1CCCN1/N=C(\Cc1ccnc2ccccc12)c1ccccn1. The third-order valence-electron chi connectivity index (χ3n) is 4.35. The van der Waals surface area contributed by atoms with Crippen LogP contribution in [0.1, 0.15) is 24.1 Å².